The van der Waals surface area contributed by atoms with Crippen LogP contribution in [0.4, 0.5) is 5.69 Å². The van der Waals surface area contributed by atoms with Crippen LogP contribution in [0.2, 0.25) is 0 Å². The highest BCUT2D eigenvalue weighted by atomic mass is 16.3. The van der Waals surface area contributed by atoms with Crippen LogP contribution in [-0.2, 0) is 13.0 Å². The van der Waals surface area contributed by atoms with Crippen LogP contribution < -0.4 is 4.90 Å². The molecule has 1 heterocycles. The number of hydrogen-bond acceptors (Lipinski definition) is 2. The van der Waals surface area contributed by atoms with Crippen LogP contribution >= 0.6 is 0 Å². The summed E-state index contributed by atoms with van der Waals surface area (Å²) in [6.45, 7) is 1.84. The van der Waals surface area contributed by atoms with Gasteiger partial charge in [0.15, 0.2) is 0 Å². The maximum atomic E-state index is 9.93. The van der Waals surface area contributed by atoms with Crippen molar-refractivity contribution in [3.05, 3.63) is 59.7 Å². The first-order valence-electron chi connectivity index (χ1n) is 6.94. The number of benzene rings is 2. The molecule has 0 unspecified atom stereocenters. The molecule has 0 saturated carbocycles. The van der Waals surface area contributed by atoms with Gasteiger partial charge in [0.2, 0.25) is 0 Å². The molecule has 0 amide bonds. The molecule has 0 bridgehead atoms. The highest BCUT2D eigenvalue weighted by molar-refractivity contribution is 5.55. The van der Waals surface area contributed by atoms with E-state index < -0.39 is 0 Å². The molecule has 98 valence electrons. The Morgan fingerprint density at radius 1 is 0.947 bits per heavy atom. The molecule has 1 N–H and O–H groups in total. The summed E-state index contributed by atoms with van der Waals surface area (Å²) in [5, 5.41) is 9.93. The van der Waals surface area contributed by atoms with Gasteiger partial charge in [0.1, 0.15) is 5.75 Å². The van der Waals surface area contributed by atoms with Crippen molar-refractivity contribution in [2.75, 3.05) is 11.4 Å². The Balaban J connectivity index is 1.91. The number of aryl methyl sites for hydroxylation is 1. The Labute approximate surface area is 114 Å². The van der Waals surface area contributed by atoms with E-state index in [1.165, 1.54) is 24.1 Å². The molecule has 1 aliphatic heterocycles. The van der Waals surface area contributed by atoms with E-state index >= 15 is 0 Å². The molecule has 1 aliphatic rings. The first-order chi connectivity index (χ1) is 9.34. The van der Waals surface area contributed by atoms with Crippen LogP contribution in [0.15, 0.2) is 48.5 Å². The third-order valence-corrected chi connectivity index (χ3v) is 3.81. The van der Waals surface area contributed by atoms with Crippen LogP contribution in [0.3, 0.4) is 0 Å². The zero-order chi connectivity index (χ0) is 13.1. The normalized spacial score (nSPS) is 14.8. The topological polar surface area (TPSA) is 23.5 Å². The van der Waals surface area contributed by atoms with E-state index in [4.69, 9.17) is 0 Å². The predicted molar refractivity (Wildman–Crippen MR) is 78.5 cm³/mol. The van der Waals surface area contributed by atoms with Crippen LogP contribution in [0.25, 0.3) is 0 Å². The summed E-state index contributed by atoms with van der Waals surface area (Å²) in [6, 6.07) is 16.2. The Morgan fingerprint density at radius 2 is 1.74 bits per heavy atom. The molecule has 19 heavy (non-hydrogen) atoms. The lowest BCUT2D eigenvalue weighted by Crippen LogP contribution is -2.23. The molecule has 2 heteroatoms. The van der Waals surface area contributed by atoms with Crippen molar-refractivity contribution in [1.29, 1.82) is 0 Å². The van der Waals surface area contributed by atoms with Gasteiger partial charge in [-0.25, -0.2) is 0 Å². The number of hydrogen-bond donors (Lipinski definition) is 1. The molecule has 3 rings (SSSR count). The van der Waals surface area contributed by atoms with Gasteiger partial charge >= 0.3 is 0 Å². The van der Waals surface area contributed by atoms with Crippen molar-refractivity contribution in [2.24, 2.45) is 0 Å². The van der Waals surface area contributed by atoms with Gasteiger partial charge in [0.25, 0.3) is 0 Å². The lowest BCUT2D eigenvalue weighted by Gasteiger charge is -2.25. The Kier molecular flexibility index (Phi) is 3.41. The monoisotopic (exact) mass is 253 g/mol. The molecule has 2 aromatic rings. The predicted octanol–water partition coefficient (Wildman–Crippen LogP) is 3.74. The first kappa shape index (κ1) is 12.1. The summed E-state index contributed by atoms with van der Waals surface area (Å²) < 4.78 is 0. The third kappa shape index (κ3) is 2.58. The maximum absolute atomic E-state index is 9.93. The second kappa shape index (κ2) is 5.35. The molecule has 2 aromatic carbocycles. The standard InChI is InChI=1S/C17H19NO/c19-17-11-4-2-9-15(17)13-18-12-6-5-8-14-7-1-3-10-16(14)18/h1-4,7,9-11,19H,5-6,8,12-13H2. The Bertz CT molecular complexity index is 565. The summed E-state index contributed by atoms with van der Waals surface area (Å²) in [6.07, 6.45) is 3.62. The van der Waals surface area contributed by atoms with Crippen molar-refractivity contribution in [1.82, 2.24) is 0 Å². The van der Waals surface area contributed by atoms with Crippen molar-refractivity contribution < 1.29 is 5.11 Å². The van der Waals surface area contributed by atoms with E-state index in [1.54, 1.807) is 6.07 Å². The number of rotatable bonds is 2. The number of fused-ring (bicyclic) bond motifs is 1. The number of phenols is 1. The van der Waals surface area contributed by atoms with E-state index in [0.717, 1.165) is 25.1 Å². The fourth-order valence-corrected chi connectivity index (χ4v) is 2.78. The number of anilines is 1. The van der Waals surface area contributed by atoms with Gasteiger partial charge in [0, 0.05) is 24.3 Å². The molecule has 0 aromatic heterocycles. The number of aromatic hydroxyl groups is 1. The molecule has 0 fully saturated rings. The minimum absolute atomic E-state index is 0.393. The fourth-order valence-electron chi connectivity index (χ4n) is 2.78. The highest BCUT2D eigenvalue weighted by Gasteiger charge is 2.15. The van der Waals surface area contributed by atoms with Crippen LogP contribution in [0.1, 0.15) is 24.0 Å². The summed E-state index contributed by atoms with van der Waals surface area (Å²) in [4.78, 5) is 2.39. The van der Waals surface area contributed by atoms with Crippen molar-refractivity contribution >= 4 is 5.69 Å². The number of phenolic OH excluding ortho intramolecular Hbond substituents is 1. The zero-order valence-corrected chi connectivity index (χ0v) is 11.0. The van der Waals surface area contributed by atoms with Crippen LogP contribution in [-0.4, -0.2) is 11.7 Å². The highest BCUT2D eigenvalue weighted by Crippen LogP contribution is 2.29. The van der Waals surface area contributed by atoms with Crippen molar-refractivity contribution in [3.8, 4) is 5.75 Å². The minimum atomic E-state index is 0.393. The first-order valence-corrected chi connectivity index (χ1v) is 6.94. The summed E-state index contributed by atoms with van der Waals surface area (Å²) in [7, 11) is 0. The van der Waals surface area contributed by atoms with Gasteiger partial charge < -0.3 is 10.0 Å². The van der Waals surface area contributed by atoms with E-state index in [9.17, 15) is 5.11 Å². The van der Waals surface area contributed by atoms with Crippen molar-refractivity contribution in [3.63, 3.8) is 0 Å². The summed E-state index contributed by atoms with van der Waals surface area (Å²) in [5.74, 6) is 0.393. The number of nitrogens with zero attached hydrogens (tertiary/aromatic N) is 1. The molecule has 0 saturated heterocycles. The van der Waals surface area contributed by atoms with E-state index in [1.807, 2.05) is 18.2 Å². The maximum Gasteiger partial charge on any atom is 0.120 e. The van der Waals surface area contributed by atoms with Gasteiger partial charge in [-0.2, -0.15) is 0 Å². The third-order valence-electron chi connectivity index (χ3n) is 3.81. The smallest absolute Gasteiger partial charge is 0.120 e. The van der Waals surface area contributed by atoms with Gasteiger partial charge in [-0.15, -0.1) is 0 Å². The minimum Gasteiger partial charge on any atom is -0.508 e. The Morgan fingerprint density at radius 3 is 2.63 bits per heavy atom. The molecular formula is C17H19NO. The molecule has 2 nitrogen and oxygen atoms in total. The average molecular weight is 253 g/mol. The van der Waals surface area contributed by atoms with Gasteiger partial charge in [0.05, 0.1) is 0 Å². The summed E-state index contributed by atoms with van der Waals surface area (Å²) >= 11 is 0. The molecule has 0 atom stereocenters. The summed E-state index contributed by atoms with van der Waals surface area (Å²) in [5.41, 5.74) is 3.75. The van der Waals surface area contributed by atoms with Crippen LogP contribution in [0, 0.1) is 0 Å². The quantitative estimate of drug-likeness (QED) is 0.881. The number of para-hydroxylation sites is 2. The van der Waals surface area contributed by atoms with E-state index in [2.05, 4.69) is 29.2 Å². The molecule has 0 radical (unpaired) electrons. The van der Waals surface area contributed by atoms with Gasteiger partial charge in [-0.3, -0.25) is 0 Å². The molecule has 0 aliphatic carbocycles. The van der Waals surface area contributed by atoms with Crippen LogP contribution in [0.5, 0.6) is 5.75 Å². The lowest BCUT2D eigenvalue weighted by molar-refractivity contribution is 0.467. The average Bonchev–Trinajstić information content (AvgIpc) is 2.64. The SMILES string of the molecule is Oc1ccccc1CN1CCCCc2ccccc21. The molecule has 0 spiro atoms. The zero-order valence-electron chi connectivity index (χ0n) is 11.0. The lowest BCUT2D eigenvalue weighted by atomic mass is 10.1. The second-order valence-corrected chi connectivity index (χ2v) is 5.14. The Hall–Kier alpha value is -1.96. The second-order valence-electron chi connectivity index (χ2n) is 5.14. The van der Waals surface area contributed by atoms with E-state index in [0.29, 0.717) is 5.75 Å². The molecular weight excluding hydrogens is 234 g/mol. The largest absolute Gasteiger partial charge is 0.508 e. The fraction of sp³-hybridized carbons (Fsp3) is 0.294. The van der Waals surface area contributed by atoms with Gasteiger partial charge in [-0.05, 0) is 37.0 Å². The van der Waals surface area contributed by atoms with E-state index in [-0.39, 0.29) is 0 Å². The van der Waals surface area contributed by atoms with Gasteiger partial charge in [-0.1, -0.05) is 36.4 Å². The van der Waals surface area contributed by atoms with Crippen molar-refractivity contribution in [2.45, 2.75) is 25.8 Å².